The van der Waals surface area contributed by atoms with Crippen molar-refractivity contribution in [2.24, 2.45) is 10.6 Å². The Bertz CT molecular complexity index is 1420. The molecule has 0 aliphatic carbocycles. The van der Waals surface area contributed by atoms with E-state index in [0.29, 0.717) is 36.7 Å². The van der Waals surface area contributed by atoms with Gasteiger partial charge in [-0.2, -0.15) is 0 Å². The summed E-state index contributed by atoms with van der Waals surface area (Å²) in [6, 6.07) is 2.23. The monoisotopic (exact) mass is 642 g/mol. The number of likely N-dealkylation sites (tertiary alicyclic amines) is 1. The molecule has 250 valence electrons. The Kier molecular flexibility index (Phi) is 9.57. The molecule has 1 spiro atoms. The maximum Gasteiger partial charge on any atom is 0.408 e. The first-order chi connectivity index (χ1) is 21.8. The number of rotatable bonds is 10. The zero-order chi connectivity index (χ0) is 33.2. The van der Waals surface area contributed by atoms with Gasteiger partial charge in [0.05, 0.1) is 31.5 Å². The van der Waals surface area contributed by atoms with E-state index in [9.17, 15) is 24.0 Å². The number of Topliss-reactive ketones (excluding diaryl/α,β-unsaturated/α-hetero) is 2. The van der Waals surface area contributed by atoms with Crippen molar-refractivity contribution in [1.82, 2.24) is 15.5 Å². The molecule has 0 saturated carbocycles. The number of hydrogen-bond acceptors (Lipinski definition) is 11. The molecule has 0 radical (unpaired) electrons. The van der Waals surface area contributed by atoms with Crippen LogP contribution in [0.5, 0.6) is 11.5 Å². The molecule has 0 unspecified atom stereocenters. The second-order valence-electron chi connectivity index (χ2n) is 13.3. The topological polar surface area (TPSA) is 171 Å². The number of ether oxygens (including phenoxy) is 4. The summed E-state index contributed by atoms with van der Waals surface area (Å²) in [6.07, 6.45) is 0.516. The van der Waals surface area contributed by atoms with Crippen LogP contribution in [-0.2, 0) is 33.5 Å². The molecule has 4 heterocycles. The fraction of sp³-hybridized carbons (Fsp3) is 0.625. The number of carbonyl (C=O) groups excluding carboxylic acids is 5. The second kappa shape index (κ2) is 13.3. The lowest BCUT2D eigenvalue weighted by molar-refractivity contribution is -0.143. The van der Waals surface area contributed by atoms with Crippen molar-refractivity contribution in [3.8, 4) is 11.5 Å². The SMILES string of the molecule is CCC[C@H](NC(=O)[C@@H]1C[C@]2(CC(c3ccc4c(c3)OCO4)=NO2)CN1C(=O)[C@@H](NC(=O)O[C@H]1CCOC1)C(C)(C)C)C(=O)C(C)=O. The Morgan fingerprint density at radius 2 is 1.89 bits per heavy atom. The average Bonchev–Trinajstić information content (AvgIpc) is 3.82. The third-order valence-corrected chi connectivity index (χ3v) is 8.62. The summed E-state index contributed by atoms with van der Waals surface area (Å²) in [5, 5.41) is 9.78. The van der Waals surface area contributed by atoms with Gasteiger partial charge >= 0.3 is 6.09 Å². The van der Waals surface area contributed by atoms with Crippen LogP contribution >= 0.6 is 0 Å². The highest BCUT2D eigenvalue weighted by Crippen LogP contribution is 2.41. The Morgan fingerprint density at radius 1 is 1.13 bits per heavy atom. The van der Waals surface area contributed by atoms with E-state index in [4.69, 9.17) is 23.8 Å². The normalized spacial score (nSPS) is 24.6. The van der Waals surface area contributed by atoms with Crippen molar-refractivity contribution in [3.63, 3.8) is 0 Å². The lowest BCUT2D eigenvalue weighted by atomic mass is 9.85. The lowest BCUT2D eigenvalue weighted by Crippen LogP contribution is -2.59. The molecular formula is C32H42N4O10. The third-order valence-electron chi connectivity index (χ3n) is 8.62. The first kappa shape index (κ1) is 33.2. The summed E-state index contributed by atoms with van der Waals surface area (Å²) in [5.74, 6) is -1.30. The molecule has 0 bridgehead atoms. The van der Waals surface area contributed by atoms with Crippen molar-refractivity contribution in [2.75, 3.05) is 26.6 Å². The van der Waals surface area contributed by atoms with Crippen molar-refractivity contribution < 1.29 is 47.8 Å². The van der Waals surface area contributed by atoms with E-state index >= 15 is 0 Å². The number of nitrogens with zero attached hydrogens (tertiary/aromatic N) is 2. The van der Waals surface area contributed by atoms with Crippen molar-refractivity contribution in [1.29, 1.82) is 0 Å². The molecule has 5 rings (SSSR count). The summed E-state index contributed by atoms with van der Waals surface area (Å²) in [7, 11) is 0. The molecular weight excluding hydrogens is 600 g/mol. The lowest BCUT2D eigenvalue weighted by Gasteiger charge is -2.35. The first-order valence-electron chi connectivity index (χ1n) is 15.7. The molecule has 4 aliphatic heterocycles. The van der Waals surface area contributed by atoms with E-state index in [1.807, 2.05) is 13.0 Å². The Labute approximate surface area is 267 Å². The van der Waals surface area contributed by atoms with Gasteiger partial charge in [0.1, 0.15) is 18.2 Å². The molecule has 0 aromatic heterocycles. The molecule has 2 N–H and O–H groups in total. The first-order valence-corrected chi connectivity index (χ1v) is 15.7. The van der Waals surface area contributed by atoms with Crippen LogP contribution in [0.2, 0.25) is 0 Å². The van der Waals surface area contributed by atoms with Crippen LogP contribution in [0, 0.1) is 5.41 Å². The molecule has 46 heavy (non-hydrogen) atoms. The quantitative estimate of drug-likeness (QED) is 0.361. The number of hydrogen-bond donors (Lipinski definition) is 2. The number of alkyl carbamates (subject to hydrolysis) is 1. The smallest absolute Gasteiger partial charge is 0.408 e. The number of ketones is 2. The van der Waals surface area contributed by atoms with Gasteiger partial charge in [-0.3, -0.25) is 19.2 Å². The second-order valence-corrected chi connectivity index (χ2v) is 13.3. The molecule has 4 aliphatic rings. The van der Waals surface area contributed by atoms with Gasteiger partial charge < -0.3 is 39.3 Å². The van der Waals surface area contributed by atoms with Crippen LogP contribution in [0.15, 0.2) is 23.4 Å². The summed E-state index contributed by atoms with van der Waals surface area (Å²) in [5.41, 5.74) is -0.484. The molecule has 14 heteroatoms. The largest absolute Gasteiger partial charge is 0.454 e. The molecule has 3 amide bonds. The van der Waals surface area contributed by atoms with Crippen molar-refractivity contribution in [2.45, 2.75) is 96.6 Å². The number of oxime groups is 1. The Hall–Kier alpha value is -4.20. The highest BCUT2D eigenvalue weighted by Gasteiger charge is 2.55. The maximum atomic E-state index is 14.4. The minimum Gasteiger partial charge on any atom is -0.454 e. The van der Waals surface area contributed by atoms with Crippen LogP contribution in [-0.4, -0.2) is 96.5 Å². The van der Waals surface area contributed by atoms with Crippen LogP contribution in [0.1, 0.15) is 72.3 Å². The van der Waals surface area contributed by atoms with Gasteiger partial charge in [-0.25, -0.2) is 4.79 Å². The Balaban J connectivity index is 1.40. The zero-order valence-electron chi connectivity index (χ0n) is 26.9. The third kappa shape index (κ3) is 7.11. The number of benzene rings is 1. The van der Waals surface area contributed by atoms with E-state index in [0.717, 1.165) is 12.5 Å². The highest BCUT2D eigenvalue weighted by atomic mass is 16.7. The highest BCUT2D eigenvalue weighted by molar-refractivity contribution is 6.38. The van der Waals surface area contributed by atoms with Gasteiger partial charge in [0, 0.05) is 31.7 Å². The van der Waals surface area contributed by atoms with E-state index in [1.54, 1.807) is 32.9 Å². The van der Waals surface area contributed by atoms with Gasteiger partial charge in [0.2, 0.25) is 24.4 Å². The maximum absolute atomic E-state index is 14.4. The van der Waals surface area contributed by atoms with Crippen LogP contribution < -0.4 is 20.1 Å². The number of carbonyl (C=O) groups is 5. The predicted molar refractivity (Wildman–Crippen MR) is 162 cm³/mol. The van der Waals surface area contributed by atoms with Gasteiger partial charge in [-0.1, -0.05) is 39.3 Å². The number of nitrogens with one attached hydrogen (secondary N) is 2. The average molecular weight is 643 g/mol. The van der Waals surface area contributed by atoms with Crippen molar-refractivity contribution >= 4 is 35.2 Å². The molecule has 1 aromatic rings. The Morgan fingerprint density at radius 3 is 2.57 bits per heavy atom. The number of amides is 3. The predicted octanol–water partition coefficient (Wildman–Crippen LogP) is 2.25. The molecule has 2 saturated heterocycles. The molecule has 14 nitrogen and oxygen atoms in total. The van der Waals surface area contributed by atoms with E-state index < -0.39 is 64.7 Å². The van der Waals surface area contributed by atoms with Gasteiger partial charge in [0.15, 0.2) is 22.9 Å². The van der Waals surface area contributed by atoms with Crippen LogP contribution in [0.4, 0.5) is 4.79 Å². The van der Waals surface area contributed by atoms with E-state index in [2.05, 4.69) is 15.8 Å². The van der Waals surface area contributed by atoms with Crippen LogP contribution in [0.25, 0.3) is 0 Å². The summed E-state index contributed by atoms with van der Waals surface area (Å²) in [4.78, 5) is 73.1. The number of fused-ring (bicyclic) bond motifs is 1. The van der Waals surface area contributed by atoms with E-state index in [1.165, 1.54) is 4.90 Å². The standard InChI is InChI=1S/C32H42N4O10/c1-6-7-21(26(38)18(2)37)33-28(39)23-14-32(13-22(35-46-32)19-8-9-24-25(12-19)44-17-43-24)16-36(23)29(40)27(31(3,4)5)34-30(41)45-20-10-11-42-15-20/h8-9,12,20-21,23,27H,6-7,10-11,13-17H2,1-5H3,(H,33,39)(H,34,41)/t20-,21-,23-,27+,32+/m0/s1. The van der Waals surface area contributed by atoms with Crippen LogP contribution in [0.3, 0.4) is 0 Å². The minimum atomic E-state index is -1.08. The van der Waals surface area contributed by atoms with E-state index in [-0.39, 0.29) is 39.2 Å². The molecule has 1 aromatic carbocycles. The minimum absolute atomic E-state index is 0.0135. The fourth-order valence-electron chi connectivity index (χ4n) is 6.15. The van der Waals surface area contributed by atoms with Crippen molar-refractivity contribution in [3.05, 3.63) is 23.8 Å². The zero-order valence-corrected chi connectivity index (χ0v) is 26.9. The summed E-state index contributed by atoms with van der Waals surface area (Å²) < 4.78 is 21.7. The molecule has 5 atom stereocenters. The van der Waals surface area contributed by atoms with Gasteiger partial charge in [-0.05, 0) is 30.0 Å². The van der Waals surface area contributed by atoms with Gasteiger partial charge in [0.25, 0.3) is 0 Å². The molecule has 2 fully saturated rings. The summed E-state index contributed by atoms with van der Waals surface area (Å²) >= 11 is 0. The van der Waals surface area contributed by atoms with Gasteiger partial charge in [-0.15, -0.1) is 0 Å². The fourth-order valence-corrected chi connectivity index (χ4v) is 6.15. The summed E-state index contributed by atoms with van der Waals surface area (Å²) in [6.45, 7) is 9.25.